The standard InChI is InChI=1S/C57H74F2N6O12S/c1-36(2)42(31-41(66)17-11-8-13-26-64-50(70)21-22-51(64)71)55(75)61-37(3)47(67)18-12-14-27-65(52(72)35-78-28-24-48(68)60-25-23-49(69)62-45(56(76)77)32-53(73)74)54(57(4,5)6)46-29-39(43-30-40(58)19-20-44(43)59)34-63(46)33-38-15-9-7-10-16-38/h7,9-10,15-16,19-22,29-30,34,36-37,42,45,54H,8,11-14,17-18,23-28,31-33,35H2,1-6H3,(H,60,68)(H,61,75)(H,62,69)(H,73,74)(H,76,77)/t37-,42-,45-,54-/m0/s1. The van der Waals surface area contributed by atoms with Crippen molar-refractivity contribution in [2.75, 3.05) is 31.1 Å². The first kappa shape index (κ1) is 63.5. The molecule has 5 N–H and O–H groups in total. The van der Waals surface area contributed by atoms with Crippen molar-refractivity contribution in [3.63, 3.8) is 0 Å². The fraction of sp³-hybridized carbons (Fsp3) is 0.509. The molecule has 1 aliphatic rings. The van der Waals surface area contributed by atoms with Crippen LogP contribution in [-0.2, 0) is 54.5 Å². The van der Waals surface area contributed by atoms with Crippen LogP contribution in [-0.4, -0.2) is 127 Å². The summed E-state index contributed by atoms with van der Waals surface area (Å²) in [5, 5.41) is 25.6. The van der Waals surface area contributed by atoms with Crippen molar-refractivity contribution in [3.8, 4) is 11.1 Å². The zero-order valence-corrected chi connectivity index (χ0v) is 46.1. The molecule has 78 heavy (non-hydrogen) atoms. The molecule has 0 spiro atoms. The van der Waals surface area contributed by atoms with E-state index >= 15 is 4.39 Å². The minimum atomic E-state index is -1.63. The number of aromatic nitrogens is 1. The number of hydrogen-bond donors (Lipinski definition) is 5. The number of rotatable bonds is 34. The van der Waals surface area contributed by atoms with Gasteiger partial charge in [0.05, 0.1) is 24.3 Å². The number of nitrogens with zero attached hydrogens (tertiary/aromatic N) is 3. The van der Waals surface area contributed by atoms with Gasteiger partial charge in [0.15, 0.2) is 5.78 Å². The second kappa shape index (κ2) is 30.8. The molecular weight excluding hydrogens is 1030 g/mol. The van der Waals surface area contributed by atoms with Crippen LogP contribution in [0.15, 0.2) is 72.9 Å². The van der Waals surface area contributed by atoms with Crippen LogP contribution in [0.25, 0.3) is 11.1 Å². The highest BCUT2D eigenvalue weighted by atomic mass is 32.2. The van der Waals surface area contributed by atoms with Gasteiger partial charge >= 0.3 is 11.9 Å². The molecule has 0 saturated carbocycles. The third kappa shape index (κ3) is 20.4. The Labute approximate surface area is 458 Å². The van der Waals surface area contributed by atoms with Crippen molar-refractivity contribution in [2.24, 2.45) is 17.3 Å². The number of Topliss-reactive ketones (excluding diaryl/α,β-unsaturated/α-hetero) is 2. The first-order valence-corrected chi connectivity index (χ1v) is 27.5. The van der Waals surface area contributed by atoms with E-state index in [2.05, 4.69) is 16.0 Å². The Morgan fingerprint density at radius 1 is 0.769 bits per heavy atom. The Hall–Kier alpha value is -7.03. The van der Waals surface area contributed by atoms with Crippen LogP contribution in [0.5, 0.6) is 0 Å². The summed E-state index contributed by atoms with van der Waals surface area (Å²) >= 11 is 1.19. The monoisotopic (exact) mass is 1100 g/mol. The average Bonchev–Trinajstić information content (AvgIpc) is 4.03. The van der Waals surface area contributed by atoms with Gasteiger partial charge < -0.3 is 35.6 Å². The predicted octanol–water partition coefficient (Wildman–Crippen LogP) is 7.03. The summed E-state index contributed by atoms with van der Waals surface area (Å²) in [4.78, 5) is 129. The van der Waals surface area contributed by atoms with Gasteiger partial charge in [-0.3, -0.25) is 48.1 Å². The lowest BCUT2D eigenvalue weighted by atomic mass is 9.82. The van der Waals surface area contributed by atoms with Crippen LogP contribution in [0, 0.1) is 28.9 Å². The molecular formula is C57H74F2N6O12S. The van der Waals surface area contributed by atoms with Crippen molar-refractivity contribution in [2.45, 2.75) is 137 Å². The molecule has 1 aliphatic heterocycles. The number of halogens is 2. The highest BCUT2D eigenvalue weighted by molar-refractivity contribution is 7.99. The molecule has 2 aromatic carbocycles. The molecule has 0 aliphatic carbocycles. The van der Waals surface area contributed by atoms with Crippen molar-refractivity contribution < 1.29 is 66.9 Å². The minimum absolute atomic E-state index is 0.00802. The molecule has 4 rings (SSSR count). The number of unbranched alkanes of at least 4 members (excludes halogenated alkanes) is 3. The van der Waals surface area contributed by atoms with Gasteiger partial charge in [0, 0.05) is 105 Å². The molecule has 0 fully saturated rings. The number of ketones is 2. The molecule has 0 unspecified atom stereocenters. The van der Waals surface area contributed by atoms with E-state index in [4.69, 9.17) is 5.11 Å². The van der Waals surface area contributed by atoms with E-state index in [1.165, 1.54) is 23.9 Å². The fourth-order valence-electron chi connectivity index (χ4n) is 9.06. The molecule has 6 amide bonds. The number of aliphatic carboxylic acids is 2. The zero-order chi connectivity index (χ0) is 57.7. The summed E-state index contributed by atoms with van der Waals surface area (Å²) in [6.45, 7) is 11.7. The van der Waals surface area contributed by atoms with Crippen LogP contribution in [0.1, 0.15) is 129 Å². The number of benzene rings is 2. The van der Waals surface area contributed by atoms with Gasteiger partial charge in [-0.2, -0.15) is 11.8 Å². The van der Waals surface area contributed by atoms with Gasteiger partial charge in [-0.1, -0.05) is 71.4 Å². The number of carboxylic acid groups (broad SMARTS) is 2. The molecule has 3 aromatic rings. The normalized spacial score (nSPS) is 13.9. The lowest BCUT2D eigenvalue weighted by molar-refractivity contribution is -0.147. The van der Waals surface area contributed by atoms with Crippen LogP contribution >= 0.6 is 11.8 Å². The summed E-state index contributed by atoms with van der Waals surface area (Å²) in [5.74, 6) is -7.93. The predicted molar refractivity (Wildman–Crippen MR) is 289 cm³/mol. The van der Waals surface area contributed by atoms with E-state index < -0.39 is 77.2 Å². The highest BCUT2D eigenvalue weighted by Gasteiger charge is 2.37. The number of carbonyl (C=O) groups excluding carboxylic acids is 8. The largest absolute Gasteiger partial charge is 0.481 e. The van der Waals surface area contributed by atoms with Crippen LogP contribution in [0.4, 0.5) is 8.78 Å². The van der Waals surface area contributed by atoms with E-state index in [0.29, 0.717) is 49.9 Å². The number of imide groups is 1. The van der Waals surface area contributed by atoms with Crippen molar-refractivity contribution in [1.82, 2.24) is 30.3 Å². The van der Waals surface area contributed by atoms with E-state index in [0.717, 1.165) is 28.7 Å². The molecule has 0 saturated heterocycles. The highest BCUT2D eigenvalue weighted by Crippen LogP contribution is 2.41. The summed E-state index contributed by atoms with van der Waals surface area (Å²) in [7, 11) is 0. The molecule has 0 radical (unpaired) electrons. The Kier molecular flexibility index (Phi) is 25.1. The van der Waals surface area contributed by atoms with Crippen molar-refractivity contribution >= 4 is 70.7 Å². The molecule has 1 aromatic heterocycles. The average molecular weight is 1110 g/mol. The van der Waals surface area contributed by atoms with E-state index in [1.807, 2.05) is 69.5 Å². The Morgan fingerprint density at radius 2 is 1.45 bits per heavy atom. The van der Waals surface area contributed by atoms with Gasteiger partial charge in [-0.15, -0.1) is 0 Å². The van der Waals surface area contributed by atoms with E-state index in [1.54, 1.807) is 24.1 Å². The van der Waals surface area contributed by atoms with Gasteiger partial charge in [-0.25, -0.2) is 13.6 Å². The quantitative estimate of drug-likeness (QED) is 0.0298. The Bertz CT molecular complexity index is 2630. The second-order valence-electron chi connectivity index (χ2n) is 20.9. The van der Waals surface area contributed by atoms with Crippen LogP contribution in [0.2, 0.25) is 0 Å². The maximum atomic E-state index is 15.4. The minimum Gasteiger partial charge on any atom is -0.481 e. The Balaban J connectivity index is 1.45. The van der Waals surface area contributed by atoms with Crippen LogP contribution < -0.4 is 16.0 Å². The number of hydrogen-bond acceptors (Lipinski definition) is 11. The zero-order valence-electron chi connectivity index (χ0n) is 45.3. The summed E-state index contributed by atoms with van der Waals surface area (Å²) in [6, 6.07) is 11.3. The third-order valence-corrected chi connectivity index (χ3v) is 14.2. The number of thioether (sulfide) groups is 1. The smallest absolute Gasteiger partial charge is 0.326 e. The number of amides is 6. The SMILES string of the molecule is CC(C)[C@H](CC(=O)CCCCCN1C(=O)C=CC1=O)C(=O)N[C@@H](C)C(=O)CCCCN(C(=O)CSCCC(=O)NCCC(=O)N[C@@H](CC(=O)O)C(=O)O)[C@@H](c1cc(-c2cc(F)ccc2F)cn1Cc1ccccc1)C(C)(C)C. The first-order chi connectivity index (χ1) is 36.9. The summed E-state index contributed by atoms with van der Waals surface area (Å²) in [5.41, 5.74) is 1.31. The number of carbonyl (C=O) groups is 10. The van der Waals surface area contributed by atoms with Crippen LogP contribution in [0.3, 0.4) is 0 Å². The van der Waals surface area contributed by atoms with E-state index in [-0.39, 0.29) is 104 Å². The van der Waals surface area contributed by atoms with Gasteiger partial charge in [-0.05, 0) is 73.8 Å². The number of carboxylic acids is 2. The topological polar surface area (TPSA) is 259 Å². The molecule has 424 valence electrons. The number of nitrogens with one attached hydrogen (secondary N) is 3. The Morgan fingerprint density at radius 3 is 2.09 bits per heavy atom. The first-order valence-electron chi connectivity index (χ1n) is 26.3. The molecule has 4 atom stereocenters. The lowest BCUT2D eigenvalue weighted by Crippen LogP contribution is -2.44. The molecule has 21 heteroatoms. The van der Waals surface area contributed by atoms with Gasteiger partial charge in [0.1, 0.15) is 23.5 Å². The molecule has 18 nitrogen and oxygen atoms in total. The van der Waals surface area contributed by atoms with Crippen molar-refractivity contribution in [1.29, 1.82) is 0 Å². The summed E-state index contributed by atoms with van der Waals surface area (Å²) < 4.78 is 32.0. The molecule has 2 heterocycles. The fourth-order valence-corrected chi connectivity index (χ4v) is 9.87. The summed E-state index contributed by atoms with van der Waals surface area (Å²) in [6.07, 6.45) is 5.67. The second-order valence-corrected chi connectivity index (χ2v) is 22.0. The van der Waals surface area contributed by atoms with Crippen molar-refractivity contribution in [3.05, 3.63) is 95.8 Å². The third-order valence-electron chi connectivity index (χ3n) is 13.2. The molecule has 0 bridgehead atoms. The van der Waals surface area contributed by atoms with Gasteiger partial charge in [0.25, 0.3) is 11.8 Å². The lowest BCUT2D eigenvalue weighted by Gasteiger charge is -2.41. The maximum Gasteiger partial charge on any atom is 0.326 e. The maximum absolute atomic E-state index is 15.4. The van der Waals surface area contributed by atoms with E-state index in [9.17, 15) is 57.4 Å². The van der Waals surface area contributed by atoms with Gasteiger partial charge in [0.2, 0.25) is 23.6 Å².